The Hall–Kier alpha value is -2.23. The summed E-state index contributed by atoms with van der Waals surface area (Å²) in [6, 6.07) is 10.5. The zero-order valence-corrected chi connectivity index (χ0v) is 8.77. The molecule has 4 nitrogen and oxygen atoms in total. The lowest BCUT2D eigenvalue weighted by Crippen LogP contribution is -1.98. The number of anilines is 1. The monoisotopic (exact) mass is 217 g/mol. The minimum Gasteiger partial charge on any atom is -0.463 e. The molecule has 2 N–H and O–H groups in total. The SMILES string of the molecule is COC(=O)c1ccc(-c2ccccc2N)o1. The molecule has 0 aliphatic rings. The standard InChI is InChI=1S/C12H11NO3/c1-15-12(14)11-7-6-10(16-11)8-4-2-3-5-9(8)13/h2-7H,13H2,1H3. The Morgan fingerprint density at radius 3 is 2.69 bits per heavy atom. The van der Waals surface area contributed by atoms with E-state index >= 15 is 0 Å². The zero-order chi connectivity index (χ0) is 11.5. The number of nitrogen functional groups attached to an aromatic ring is 1. The molecule has 0 amide bonds. The molecule has 0 aliphatic carbocycles. The van der Waals surface area contributed by atoms with E-state index in [0.717, 1.165) is 5.56 Å². The van der Waals surface area contributed by atoms with Crippen molar-refractivity contribution in [2.45, 2.75) is 0 Å². The van der Waals surface area contributed by atoms with Crippen LogP contribution in [0.5, 0.6) is 0 Å². The number of carbonyl (C=O) groups is 1. The van der Waals surface area contributed by atoms with E-state index < -0.39 is 5.97 Å². The number of hydrogen-bond donors (Lipinski definition) is 1. The van der Waals surface area contributed by atoms with Gasteiger partial charge in [0.1, 0.15) is 5.76 Å². The lowest BCUT2D eigenvalue weighted by molar-refractivity contribution is 0.0566. The summed E-state index contributed by atoms with van der Waals surface area (Å²) in [5, 5.41) is 0. The first kappa shape index (κ1) is 10.3. The Kier molecular flexibility index (Phi) is 2.64. The first-order valence-electron chi connectivity index (χ1n) is 4.75. The summed E-state index contributed by atoms with van der Waals surface area (Å²) in [6.45, 7) is 0. The number of nitrogens with two attached hydrogens (primary N) is 1. The highest BCUT2D eigenvalue weighted by Crippen LogP contribution is 2.27. The number of carbonyl (C=O) groups excluding carboxylic acids is 1. The smallest absolute Gasteiger partial charge is 0.373 e. The van der Waals surface area contributed by atoms with E-state index in [-0.39, 0.29) is 5.76 Å². The Balaban J connectivity index is 2.39. The van der Waals surface area contributed by atoms with Crippen LogP contribution in [0.3, 0.4) is 0 Å². The summed E-state index contributed by atoms with van der Waals surface area (Å²) >= 11 is 0. The van der Waals surface area contributed by atoms with Crippen molar-refractivity contribution in [1.29, 1.82) is 0 Å². The molecule has 0 radical (unpaired) electrons. The molecule has 1 heterocycles. The van der Waals surface area contributed by atoms with Crippen molar-refractivity contribution >= 4 is 11.7 Å². The van der Waals surface area contributed by atoms with Gasteiger partial charge < -0.3 is 14.9 Å². The van der Waals surface area contributed by atoms with Crippen molar-refractivity contribution in [3.63, 3.8) is 0 Å². The number of methoxy groups -OCH3 is 1. The second-order valence-electron chi connectivity index (χ2n) is 3.24. The maximum absolute atomic E-state index is 11.2. The van der Waals surface area contributed by atoms with E-state index in [0.29, 0.717) is 11.4 Å². The molecule has 1 aromatic carbocycles. The maximum Gasteiger partial charge on any atom is 0.373 e. The molecule has 0 saturated carbocycles. The number of para-hydroxylation sites is 1. The Morgan fingerprint density at radius 1 is 1.25 bits per heavy atom. The van der Waals surface area contributed by atoms with Gasteiger partial charge in [0.25, 0.3) is 0 Å². The topological polar surface area (TPSA) is 65.5 Å². The predicted octanol–water partition coefficient (Wildman–Crippen LogP) is 2.32. The van der Waals surface area contributed by atoms with Gasteiger partial charge in [0.15, 0.2) is 0 Å². The third-order valence-electron chi connectivity index (χ3n) is 2.22. The molecule has 0 aliphatic heterocycles. The van der Waals surface area contributed by atoms with Crippen molar-refractivity contribution in [2.75, 3.05) is 12.8 Å². The van der Waals surface area contributed by atoms with E-state index in [1.165, 1.54) is 7.11 Å². The van der Waals surface area contributed by atoms with Crippen molar-refractivity contribution in [3.8, 4) is 11.3 Å². The minimum atomic E-state index is -0.499. The van der Waals surface area contributed by atoms with E-state index in [1.807, 2.05) is 18.2 Å². The third kappa shape index (κ3) is 1.77. The average molecular weight is 217 g/mol. The van der Waals surface area contributed by atoms with Crippen LogP contribution in [-0.2, 0) is 4.74 Å². The summed E-state index contributed by atoms with van der Waals surface area (Å²) in [5.41, 5.74) is 7.16. The van der Waals surface area contributed by atoms with Crippen molar-refractivity contribution in [1.82, 2.24) is 0 Å². The van der Waals surface area contributed by atoms with Gasteiger partial charge in [0, 0.05) is 11.3 Å². The van der Waals surface area contributed by atoms with Crippen LogP contribution in [0, 0.1) is 0 Å². The Labute approximate surface area is 92.6 Å². The van der Waals surface area contributed by atoms with Crippen LogP contribution >= 0.6 is 0 Å². The average Bonchev–Trinajstić information content (AvgIpc) is 2.78. The van der Waals surface area contributed by atoms with E-state index in [9.17, 15) is 4.79 Å². The predicted molar refractivity (Wildman–Crippen MR) is 59.9 cm³/mol. The molecule has 82 valence electrons. The molecule has 0 unspecified atom stereocenters. The lowest BCUT2D eigenvalue weighted by Gasteiger charge is -2.00. The van der Waals surface area contributed by atoms with Gasteiger partial charge in [0.2, 0.25) is 5.76 Å². The summed E-state index contributed by atoms with van der Waals surface area (Å²) in [6.07, 6.45) is 0. The normalized spacial score (nSPS) is 10.1. The molecule has 1 aromatic heterocycles. The largest absolute Gasteiger partial charge is 0.463 e. The van der Waals surface area contributed by atoms with Crippen LogP contribution in [0.25, 0.3) is 11.3 Å². The number of esters is 1. The quantitative estimate of drug-likeness (QED) is 0.619. The summed E-state index contributed by atoms with van der Waals surface area (Å²) in [5.74, 6) is 0.222. The van der Waals surface area contributed by atoms with Gasteiger partial charge in [-0.05, 0) is 24.3 Å². The van der Waals surface area contributed by atoms with E-state index in [4.69, 9.17) is 10.2 Å². The molecule has 2 aromatic rings. The highest BCUT2D eigenvalue weighted by atomic mass is 16.5. The van der Waals surface area contributed by atoms with Crippen LogP contribution in [0.4, 0.5) is 5.69 Å². The molecule has 0 atom stereocenters. The van der Waals surface area contributed by atoms with Gasteiger partial charge >= 0.3 is 5.97 Å². The fourth-order valence-corrected chi connectivity index (χ4v) is 1.41. The van der Waals surface area contributed by atoms with Crippen LogP contribution in [-0.4, -0.2) is 13.1 Å². The van der Waals surface area contributed by atoms with Crippen LogP contribution in [0.2, 0.25) is 0 Å². The summed E-state index contributed by atoms with van der Waals surface area (Å²) < 4.78 is 9.90. The molecule has 2 rings (SSSR count). The van der Waals surface area contributed by atoms with Gasteiger partial charge in [-0.3, -0.25) is 0 Å². The molecule has 4 heteroatoms. The molecular weight excluding hydrogens is 206 g/mol. The van der Waals surface area contributed by atoms with Gasteiger partial charge in [-0.15, -0.1) is 0 Å². The fourth-order valence-electron chi connectivity index (χ4n) is 1.41. The number of furan rings is 1. The first-order valence-corrected chi connectivity index (χ1v) is 4.75. The van der Waals surface area contributed by atoms with Crippen LogP contribution in [0.1, 0.15) is 10.6 Å². The van der Waals surface area contributed by atoms with Crippen LogP contribution in [0.15, 0.2) is 40.8 Å². The van der Waals surface area contributed by atoms with Crippen molar-refractivity contribution in [2.24, 2.45) is 0 Å². The maximum atomic E-state index is 11.2. The highest BCUT2D eigenvalue weighted by Gasteiger charge is 2.13. The van der Waals surface area contributed by atoms with Crippen molar-refractivity contribution < 1.29 is 13.9 Å². The summed E-state index contributed by atoms with van der Waals surface area (Å²) in [4.78, 5) is 11.2. The Bertz CT molecular complexity index is 516. The number of rotatable bonds is 2. The second kappa shape index (κ2) is 4.10. The third-order valence-corrected chi connectivity index (χ3v) is 2.22. The fraction of sp³-hybridized carbons (Fsp3) is 0.0833. The van der Waals surface area contributed by atoms with E-state index in [2.05, 4.69) is 4.74 Å². The molecule has 0 fully saturated rings. The Morgan fingerprint density at radius 2 is 2.00 bits per heavy atom. The van der Waals surface area contributed by atoms with Crippen molar-refractivity contribution in [3.05, 3.63) is 42.2 Å². The van der Waals surface area contributed by atoms with Gasteiger partial charge in [-0.2, -0.15) is 0 Å². The lowest BCUT2D eigenvalue weighted by atomic mass is 10.1. The van der Waals surface area contributed by atoms with E-state index in [1.54, 1.807) is 18.2 Å². The highest BCUT2D eigenvalue weighted by molar-refractivity contribution is 5.87. The number of benzene rings is 1. The van der Waals surface area contributed by atoms with Gasteiger partial charge in [0.05, 0.1) is 7.11 Å². The molecule has 0 saturated heterocycles. The van der Waals surface area contributed by atoms with Gasteiger partial charge in [-0.1, -0.05) is 12.1 Å². The molecular formula is C12H11NO3. The van der Waals surface area contributed by atoms with Crippen LogP contribution < -0.4 is 5.73 Å². The first-order chi connectivity index (χ1) is 7.72. The van der Waals surface area contributed by atoms with Gasteiger partial charge in [-0.25, -0.2) is 4.79 Å². The second-order valence-corrected chi connectivity index (χ2v) is 3.24. The molecule has 0 spiro atoms. The molecule has 0 bridgehead atoms. The molecule has 16 heavy (non-hydrogen) atoms. The zero-order valence-electron chi connectivity index (χ0n) is 8.77. The number of hydrogen-bond acceptors (Lipinski definition) is 4. The summed E-state index contributed by atoms with van der Waals surface area (Å²) in [7, 11) is 1.31. The number of ether oxygens (including phenoxy) is 1. The minimum absolute atomic E-state index is 0.167.